The number of allylic oxidation sites excluding steroid dienone is 2. The smallest absolute Gasteiger partial charge is 0.305 e. The van der Waals surface area contributed by atoms with Crippen molar-refractivity contribution < 1.29 is 24.5 Å². The summed E-state index contributed by atoms with van der Waals surface area (Å²) in [5.74, 6) is -0.0301. The van der Waals surface area contributed by atoms with Gasteiger partial charge >= 0.3 is 5.97 Å². The molecule has 0 aliphatic carbocycles. The summed E-state index contributed by atoms with van der Waals surface area (Å²) in [6.07, 6.45) is 66.4. The van der Waals surface area contributed by atoms with Crippen molar-refractivity contribution >= 4 is 11.9 Å². The molecule has 0 aliphatic rings. The number of carbonyl (C=O) groups is 2. The minimum absolute atomic E-state index is 0.00635. The molecule has 0 aliphatic heterocycles. The van der Waals surface area contributed by atoms with Gasteiger partial charge in [-0.15, -0.1) is 0 Å². The Morgan fingerprint density at radius 1 is 0.409 bits per heavy atom. The van der Waals surface area contributed by atoms with Crippen LogP contribution in [0.3, 0.4) is 0 Å². The minimum atomic E-state index is -0.665. The SMILES string of the molecule is CCCCCCCC/C=C\CCCCCCCCCC(=O)OCCCCCCCCCCCCCCCCCCCCCC(=O)NC(CO)C(O)CCCCCCCCCCCCCCC. The lowest BCUT2D eigenvalue weighted by molar-refractivity contribution is -0.143. The molecule has 6 heteroatoms. The highest BCUT2D eigenvalue weighted by molar-refractivity contribution is 5.76. The fourth-order valence-electron chi connectivity index (χ4n) is 9.46. The van der Waals surface area contributed by atoms with E-state index in [0.29, 0.717) is 25.9 Å². The number of ether oxygens (including phenoxy) is 1. The highest BCUT2D eigenvalue weighted by Gasteiger charge is 2.20. The van der Waals surface area contributed by atoms with E-state index in [4.69, 9.17) is 4.74 Å². The van der Waals surface area contributed by atoms with Crippen molar-refractivity contribution in [1.29, 1.82) is 0 Å². The second-order valence-electron chi connectivity index (χ2n) is 20.7. The van der Waals surface area contributed by atoms with Gasteiger partial charge in [0, 0.05) is 12.8 Å². The predicted octanol–water partition coefficient (Wildman–Crippen LogP) is 18.5. The number of unbranched alkanes of at least 4 members (excludes halogenated alkanes) is 43. The van der Waals surface area contributed by atoms with Crippen LogP contribution in [0.25, 0.3) is 0 Å². The van der Waals surface area contributed by atoms with Crippen molar-refractivity contribution in [1.82, 2.24) is 5.32 Å². The largest absolute Gasteiger partial charge is 0.466 e. The van der Waals surface area contributed by atoms with E-state index >= 15 is 0 Å². The second kappa shape index (κ2) is 56.2. The van der Waals surface area contributed by atoms with E-state index in [1.807, 2.05) is 0 Å². The highest BCUT2D eigenvalue weighted by Crippen LogP contribution is 2.18. The van der Waals surface area contributed by atoms with Crippen LogP contribution in [0, 0.1) is 0 Å². The fraction of sp³-hybridized carbons (Fsp3) is 0.933. The summed E-state index contributed by atoms with van der Waals surface area (Å²) in [4.78, 5) is 24.5. The molecule has 1 amide bonds. The summed E-state index contributed by atoms with van der Waals surface area (Å²) in [6.45, 7) is 4.96. The van der Waals surface area contributed by atoms with Crippen molar-refractivity contribution in [3.05, 3.63) is 12.2 Å². The molecule has 0 saturated heterocycles. The van der Waals surface area contributed by atoms with Crippen LogP contribution in [0.2, 0.25) is 0 Å². The molecule has 2 atom stereocenters. The van der Waals surface area contributed by atoms with E-state index in [1.165, 1.54) is 257 Å². The Morgan fingerprint density at radius 2 is 0.712 bits per heavy atom. The summed E-state index contributed by atoms with van der Waals surface area (Å²) in [5, 5.41) is 23.2. The molecule has 0 aromatic heterocycles. The Bertz CT molecular complexity index is 986. The van der Waals surface area contributed by atoms with E-state index < -0.39 is 12.1 Å². The maximum atomic E-state index is 12.5. The normalized spacial score (nSPS) is 12.6. The number of esters is 1. The topological polar surface area (TPSA) is 95.9 Å². The first-order valence-corrected chi connectivity index (χ1v) is 29.9. The standard InChI is InChI=1S/C60H117NO5/c1-3-5-7-9-11-13-15-17-18-22-26-30-34-38-42-46-50-54-60(65)66-55-51-47-43-39-35-31-27-24-21-19-20-23-25-29-33-37-41-45-49-53-59(64)61-57(56-62)58(63)52-48-44-40-36-32-28-16-14-12-10-8-6-4-2/h17-18,57-58,62-63H,3-16,19-56H2,1-2H3,(H,61,64)/b18-17-. The van der Waals surface area contributed by atoms with Crippen LogP contribution in [0.15, 0.2) is 12.2 Å². The van der Waals surface area contributed by atoms with Gasteiger partial charge in [0.2, 0.25) is 5.91 Å². The average Bonchev–Trinajstić information content (AvgIpc) is 3.32. The zero-order valence-corrected chi connectivity index (χ0v) is 44.7. The zero-order chi connectivity index (χ0) is 47.9. The Labute approximate surface area is 412 Å². The van der Waals surface area contributed by atoms with Gasteiger partial charge < -0.3 is 20.3 Å². The van der Waals surface area contributed by atoms with Gasteiger partial charge in [-0.1, -0.05) is 283 Å². The molecular weight excluding hydrogens is 815 g/mol. The van der Waals surface area contributed by atoms with Crippen LogP contribution in [0.5, 0.6) is 0 Å². The molecule has 0 spiro atoms. The maximum Gasteiger partial charge on any atom is 0.305 e. The molecule has 0 aromatic carbocycles. The molecule has 2 unspecified atom stereocenters. The van der Waals surface area contributed by atoms with Crippen LogP contribution >= 0.6 is 0 Å². The number of hydrogen-bond donors (Lipinski definition) is 3. The molecule has 0 rings (SSSR count). The molecule has 0 aromatic rings. The molecule has 3 N–H and O–H groups in total. The Morgan fingerprint density at radius 3 is 1.08 bits per heavy atom. The van der Waals surface area contributed by atoms with Gasteiger partial charge in [0.25, 0.3) is 0 Å². The number of rotatable bonds is 56. The number of carbonyl (C=O) groups excluding carboxylic acids is 2. The zero-order valence-electron chi connectivity index (χ0n) is 44.7. The van der Waals surface area contributed by atoms with Crippen molar-refractivity contribution in [3.63, 3.8) is 0 Å². The van der Waals surface area contributed by atoms with E-state index in [-0.39, 0.29) is 18.5 Å². The number of hydrogen-bond acceptors (Lipinski definition) is 5. The van der Waals surface area contributed by atoms with Gasteiger partial charge in [-0.2, -0.15) is 0 Å². The van der Waals surface area contributed by atoms with E-state index in [0.717, 1.165) is 44.9 Å². The molecular formula is C60H117NO5. The Hall–Kier alpha value is -1.40. The highest BCUT2D eigenvalue weighted by atomic mass is 16.5. The van der Waals surface area contributed by atoms with Crippen LogP contribution in [0.4, 0.5) is 0 Å². The van der Waals surface area contributed by atoms with Crippen LogP contribution < -0.4 is 5.32 Å². The van der Waals surface area contributed by atoms with Gasteiger partial charge in [0.05, 0.1) is 25.4 Å². The average molecular weight is 933 g/mol. The number of aliphatic hydroxyl groups excluding tert-OH is 2. The van der Waals surface area contributed by atoms with Gasteiger partial charge in [0.1, 0.15) is 0 Å². The number of amides is 1. The lowest BCUT2D eigenvalue weighted by Gasteiger charge is -2.22. The van der Waals surface area contributed by atoms with Crippen LogP contribution in [0.1, 0.15) is 335 Å². The molecule has 0 radical (unpaired) electrons. The molecule has 0 saturated carbocycles. The minimum Gasteiger partial charge on any atom is -0.466 e. The van der Waals surface area contributed by atoms with E-state index in [2.05, 4.69) is 31.3 Å². The molecule has 392 valence electrons. The summed E-state index contributed by atoms with van der Waals surface area (Å²) in [7, 11) is 0. The van der Waals surface area contributed by atoms with Crippen molar-refractivity contribution in [3.8, 4) is 0 Å². The van der Waals surface area contributed by atoms with Crippen LogP contribution in [-0.2, 0) is 14.3 Å². The van der Waals surface area contributed by atoms with Gasteiger partial charge in [-0.25, -0.2) is 0 Å². The quantitative estimate of drug-likeness (QED) is 0.0321. The van der Waals surface area contributed by atoms with E-state index in [1.54, 1.807) is 0 Å². The Balaban J connectivity index is 3.37. The third-order valence-electron chi connectivity index (χ3n) is 14.1. The van der Waals surface area contributed by atoms with Crippen molar-refractivity contribution in [2.75, 3.05) is 13.2 Å². The maximum absolute atomic E-state index is 12.5. The third kappa shape index (κ3) is 52.0. The van der Waals surface area contributed by atoms with Gasteiger partial charge in [-0.3, -0.25) is 9.59 Å². The molecule has 0 fully saturated rings. The van der Waals surface area contributed by atoms with E-state index in [9.17, 15) is 19.8 Å². The summed E-state index contributed by atoms with van der Waals surface area (Å²) in [5.41, 5.74) is 0. The number of aliphatic hydroxyl groups is 2. The molecule has 6 nitrogen and oxygen atoms in total. The third-order valence-corrected chi connectivity index (χ3v) is 14.1. The molecule has 0 heterocycles. The van der Waals surface area contributed by atoms with Crippen molar-refractivity contribution in [2.24, 2.45) is 0 Å². The van der Waals surface area contributed by atoms with Crippen LogP contribution in [-0.4, -0.2) is 47.4 Å². The Kier molecular flexibility index (Phi) is 55.0. The van der Waals surface area contributed by atoms with Crippen molar-refractivity contribution in [2.45, 2.75) is 347 Å². The van der Waals surface area contributed by atoms with Gasteiger partial charge in [-0.05, 0) is 51.4 Å². The first-order valence-electron chi connectivity index (χ1n) is 29.9. The predicted molar refractivity (Wildman–Crippen MR) is 287 cm³/mol. The fourth-order valence-corrected chi connectivity index (χ4v) is 9.46. The first-order chi connectivity index (χ1) is 32.5. The van der Waals surface area contributed by atoms with Gasteiger partial charge in [0.15, 0.2) is 0 Å². The summed E-state index contributed by atoms with van der Waals surface area (Å²) < 4.78 is 5.49. The lowest BCUT2D eigenvalue weighted by atomic mass is 10.0. The molecule has 66 heavy (non-hydrogen) atoms. The summed E-state index contributed by atoms with van der Waals surface area (Å²) in [6, 6.07) is -0.542. The lowest BCUT2D eigenvalue weighted by Crippen LogP contribution is -2.45. The summed E-state index contributed by atoms with van der Waals surface area (Å²) >= 11 is 0. The number of nitrogens with one attached hydrogen (secondary N) is 1. The monoisotopic (exact) mass is 932 g/mol. The molecule has 0 bridgehead atoms. The first kappa shape index (κ1) is 64.6. The second-order valence-corrected chi connectivity index (χ2v) is 20.7.